The number of carbonyl (C=O) groups is 3. The molecule has 1 saturated carbocycles. The summed E-state index contributed by atoms with van der Waals surface area (Å²) in [6.07, 6.45) is 9.35. The van der Waals surface area contributed by atoms with Crippen LogP contribution < -0.4 is 21.1 Å². The standard InChI is InChI=1S/C36H40N12O4/c1-5-47-28(15-21(3)43-47)33(50)41-35-40-26-19-38-12-11-27(26)45(35)13-7-8-14-46-31-25(17-24(32(37)49)18-30(31)52-20-23-9-10-23)39-36(46)42-34(51)29-16-22(4)44-48(29)6-2/h7-8,11-12,15-19,23H,5-6,9-10,13-14,20H2,1-4H3,(H2,37,49)(H,39,42,51)(H,40,41,50)/b8-7+. The van der Waals surface area contributed by atoms with E-state index in [0.29, 0.717) is 71.8 Å². The summed E-state index contributed by atoms with van der Waals surface area (Å²) in [7, 11) is 0. The number of nitrogens with one attached hydrogen (secondary N) is 2. The second kappa shape index (κ2) is 14.1. The molecule has 52 heavy (non-hydrogen) atoms. The number of fused-ring (bicyclic) bond motifs is 2. The Bertz CT molecular complexity index is 2360. The van der Waals surface area contributed by atoms with E-state index in [1.54, 1.807) is 46.0 Å². The smallest absolute Gasteiger partial charge is 0.276 e. The number of aryl methyl sites for hydroxylation is 4. The average Bonchev–Trinajstić information content (AvgIpc) is 3.41. The molecule has 1 aliphatic carbocycles. The Labute approximate surface area is 298 Å². The number of ether oxygens (including phenoxy) is 1. The molecule has 3 amide bonds. The zero-order chi connectivity index (χ0) is 36.5. The molecule has 0 saturated heterocycles. The fourth-order valence-corrected chi connectivity index (χ4v) is 6.14. The molecule has 6 aromatic rings. The van der Waals surface area contributed by atoms with E-state index in [1.165, 1.54) is 0 Å². The van der Waals surface area contributed by atoms with Crippen LogP contribution in [0.3, 0.4) is 0 Å². The fraction of sp³-hybridized carbons (Fsp3) is 0.333. The van der Waals surface area contributed by atoms with E-state index in [2.05, 4.69) is 30.8 Å². The molecular formula is C36H40N12O4. The van der Waals surface area contributed by atoms with Crippen LogP contribution in [0.15, 0.2) is 54.9 Å². The van der Waals surface area contributed by atoms with Crippen molar-refractivity contribution in [1.82, 2.24) is 43.6 Å². The number of amides is 3. The van der Waals surface area contributed by atoms with E-state index in [1.807, 2.05) is 55.0 Å². The van der Waals surface area contributed by atoms with Gasteiger partial charge in [0, 0.05) is 37.9 Å². The van der Waals surface area contributed by atoms with Crippen molar-refractivity contribution in [1.29, 1.82) is 0 Å². The molecule has 0 spiro atoms. The molecular weight excluding hydrogens is 664 g/mol. The molecule has 1 fully saturated rings. The molecule has 0 aliphatic heterocycles. The Kier molecular flexibility index (Phi) is 9.28. The van der Waals surface area contributed by atoms with E-state index in [4.69, 9.17) is 15.5 Å². The topological polar surface area (TPSA) is 195 Å². The number of benzene rings is 1. The van der Waals surface area contributed by atoms with Crippen LogP contribution in [0.4, 0.5) is 11.9 Å². The first-order valence-electron chi connectivity index (χ1n) is 17.3. The summed E-state index contributed by atoms with van der Waals surface area (Å²) in [5.41, 5.74) is 10.7. The summed E-state index contributed by atoms with van der Waals surface area (Å²) in [5, 5.41) is 14.7. The molecule has 1 aliphatic rings. The van der Waals surface area contributed by atoms with Gasteiger partial charge in [-0.2, -0.15) is 10.2 Å². The average molecular weight is 705 g/mol. The van der Waals surface area contributed by atoms with Crippen LogP contribution in [0.1, 0.15) is 69.4 Å². The van der Waals surface area contributed by atoms with Crippen LogP contribution in [-0.2, 0) is 26.2 Å². The number of hydrogen-bond acceptors (Lipinski definition) is 9. The second-order valence-corrected chi connectivity index (χ2v) is 12.8. The van der Waals surface area contributed by atoms with Crippen LogP contribution in [0.2, 0.25) is 0 Å². The molecule has 5 heterocycles. The minimum atomic E-state index is -0.611. The summed E-state index contributed by atoms with van der Waals surface area (Å²) in [4.78, 5) is 52.9. The number of carbonyl (C=O) groups excluding carboxylic acids is 3. The largest absolute Gasteiger partial charge is 0.491 e. The molecule has 268 valence electrons. The molecule has 0 radical (unpaired) electrons. The van der Waals surface area contributed by atoms with Crippen molar-refractivity contribution in [3.63, 3.8) is 0 Å². The molecule has 5 aromatic heterocycles. The first kappa shape index (κ1) is 34.1. The first-order valence-corrected chi connectivity index (χ1v) is 17.3. The second-order valence-electron chi connectivity index (χ2n) is 12.8. The Morgan fingerprint density at radius 2 is 1.46 bits per heavy atom. The lowest BCUT2D eigenvalue weighted by Crippen LogP contribution is -2.20. The Hall–Kier alpha value is -6.32. The van der Waals surface area contributed by atoms with Crippen molar-refractivity contribution < 1.29 is 19.1 Å². The third-order valence-electron chi connectivity index (χ3n) is 8.88. The SMILES string of the molecule is CCn1nc(C)cc1C(=O)Nc1nc2cnccc2n1C/C=C/Cn1c(NC(=O)c2cc(C)nn2CC)nc2cc(C(N)=O)cc(OCC3CC3)c21. The van der Waals surface area contributed by atoms with E-state index in [0.717, 1.165) is 29.7 Å². The van der Waals surface area contributed by atoms with Gasteiger partial charge in [0.2, 0.25) is 17.8 Å². The third-order valence-corrected chi connectivity index (χ3v) is 8.88. The van der Waals surface area contributed by atoms with Crippen LogP contribution >= 0.6 is 0 Å². The number of primary amides is 1. The van der Waals surface area contributed by atoms with E-state index in [9.17, 15) is 14.4 Å². The molecule has 0 bridgehead atoms. The van der Waals surface area contributed by atoms with Crippen molar-refractivity contribution in [3.8, 4) is 5.75 Å². The minimum absolute atomic E-state index is 0.254. The van der Waals surface area contributed by atoms with Gasteiger partial charge >= 0.3 is 0 Å². The molecule has 16 nitrogen and oxygen atoms in total. The van der Waals surface area contributed by atoms with Crippen molar-refractivity contribution >= 4 is 51.7 Å². The maximum atomic E-state index is 13.6. The van der Waals surface area contributed by atoms with Crippen LogP contribution in [0.5, 0.6) is 5.75 Å². The lowest BCUT2D eigenvalue weighted by molar-refractivity contribution is 0.0994. The molecule has 0 atom stereocenters. The zero-order valence-electron chi connectivity index (χ0n) is 29.5. The lowest BCUT2D eigenvalue weighted by atomic mass is 10.1. The van der Waals surface area contributed by atoms with Crippen LogP contribution in [0.25, 0.3) is 22.1 Å². The predicted molar refractivity (Wildman–Crippen MR) is 194 cm³/mol. The van der Waals surface area contributed by atoms with Crippen molar-refractivity contribution in [3.05, 3.63) is 83.2 Å². The Morgan fingerprint density at radius 3 is 2.06 bits per heavy atom. The van der Waals surface area contributed by atoms with E-state index >= 15 is 0 Å². The van der Waals surface area contributed by atoms with Gasteiger partial charge in [-0.3, -0.25) is 39.4 Å². The highest BCUT2D eigenvalue weighted by atomic mass is 16.5. The molecule has 7 rings (SSSR count). The number of nitrogens with two attached hydrogens (primary N) is 1. The summed E-state index contributed by atoms with van der Waals surface area (Å²) in [6.45, 7) is 9.69. The molecule has 16 heteroatoms. The molecule has 4 N–H and O–H groups in total. The van der Waals surface area contributed by atoms with Crippen molar-refractivity contribution in [2.24, 2.45) is 11.7 Å². The van der Waals surface area contributed by atoms with Crippen LogP contribution in [0, 0.1) is 19.8 Å². The van der Waals surface area contributed by atoms with Crippen molar-refractivity contribution in [2.45, 2.75) is 66.7 Å². The summed E-state index contributed by atoms with van der Waals surface area (Å²) >= 11 is 0. The third kappa shape index (κ3) is 6.86. The van der Waals surface area contributed by atoms with Crippen molar-refractivity contribution in [2.75, 3.05) is 17.2 Å². The number of allylic oxidation sites excluding steroid dienone is 2. The Morgan fingerprint density at radius 1 is 0.865 bits per heavy atom. The fourth-order valence-electron chi connectivity index (χ4n) is 6.14. The molecule has 1 aromatic carbocycles. The number of nitrogens with zero attached hydrogens (tertiary/aromatic N) is 9. The quantitative estimate of drug-likeness (QED) is 0.137. The van der Waals surface area contributed by atoms with Gasteiger partial charge in [-0.05, 0) is 76.8 Å². The summed E-state index contributed by atoms with van der Waals surface area (Å²) in [6, 6.07) is 8.53. The number of pyridine rings is 1. The van der Waals surface area contributed by atoms with E-state index in [-0.39, 0.29) is 29.9 Å². The lowest BCUT2D eigenvalue weighted by Gasteiger charge is -2.13. The van der Waals surface area contributed by atoms with Gasteiger partial charge in [0.1, 0.15) is 28.2 Å². The highest BCUT2D eigenvalue weighted by Gasteiger charge is 2.25. The highest BCUT2D eigenvalue weighted by molar-refractivity contribution is 6.04. The predicted octanol–water partition coefficient (Wildman–Crippen LogP) is 4.48. The van der Waals surface area contributed by atoms with E-state index < -0.39 is 5.91 Å². The number of anilines is 2. The van der Waals surface area contributed by atoms with Gasteiger partial charge in [0.25, 0.3) is 11.8 Å². The normalized spacial score (nSPS) is 13.0. The van der Waals surface area contributed by atoms with Gasteiger partial charge in [0.15, 0.2) is 0 Å². The van der Waals surface area contributed by atoms with Crippen LogP contribution in [-0.4, -0.2) is 68.0 Å². The van der Waals surface area contributed by atoms with Gasteiger partial charge in [-0.25, -0.2) is 9.97 Å². The number of aromatic nitrogens is 9. The van der Waals surface area contributed by atoms with Gasteiger partial charge in [-0.15, -0.1) is 0 Å². The highest BCUT2D eigenvalue weighted by Crippen LogP contribution is 2.34. The summed E-state index contributed by atoms with van der Waals surface area (Å²) < 4.78 is 13.3. The first-order chi connectivity index (χ1) is 25.1. The van der Waals surface area contributed by atoms with Gasteiger partial charge in [0.05, 0.1) is 35.2 Å². The maximum absolute atomic E-state index is 13.6. The number of rotatable bonds is 14. The van der Waals surface area contributed by atoms with Gasteiger partial charge in [-0.1, -0.05) is 12.2 Å². The van der Waals surface area contributed by atoms with Gasteiger partial charge < -0.3 is 19.6 Å². The summed E-state index contributed by atoms with van der Waals surface area (Å²) in [5.74, 6) is 0.208. The maximum Gasteiger partial charge on any atom is 0.276 e. The number of hydrogen-bond donors (Lipinski definition) is 3. The monoisotopic (exact) mass is 704 g/mol. The molecule has 0 unspecified atom stereocenters. The minimum Gasteiger partial charge on any atom is -0.491 e. The number of imidazole rings is 2. The Balaban J connectivity index is 1.22. The zero-order valence-corrected chi connectivity index (χ0v) is 29.5.